The first-order valence-corrected chi connectivity index (χ1v) is 9.94. The van der Waals surface area contributed by atoms with E-state index in [4.69, 9.17) is 10.2 Å². The van der Waals surface area contributed by atoms with Crippen molar-refractivity contribution in [1.29, 1.82) is 0 Å². The third kappa shape index (κ3) is 1.35. The van der Waals surface area contributed by atoms with E-state index in [2.05, 4.69) is 88.4 Å². The van der Waals surface area contributed by atoms with Crippen molar-refractivity contribution in [3.63, 3.8) is 0 Å². The normalized spacial score (nSPS) is 44.9. The Balaban J connectivity index is 1.65. The molecule has 0 radical (unpaired) electrons. The molecule has 2 unspecified atom stereocenters. The van der Waals surface area contributed by atoms with Crippen LogP contribution in [0.5, 0.6) is 0 Å². The van der Waals surface area contributed by atoms with E-state index in [9.17, 15) is 0 Å². The molecule has 3 fully saturated rings. The molecule has 2 aromatic carbocycles. The molecule has 2 aliphatic heterocycles. The summed E-state index contributed by atoms with van der Waals surface area (Å²) in [7, 11) is 0. The summed E-state index contributed by atoms with van der Waals surface area (Å²) in [6.45, 7) is 9.80. The molecule has 2 nitrogen and oxygen atoms in total. The Hall–Kier alpha value is -1.96. The lowest BCUT2D eigenvalue weighted by molar-refractivity contribution is 0.110. The van der Waals surface area contributed by atoms with Crippen molar-refractivity contribution < 1.29 is 0 Å². The standard InChI is InChI=1S/C24H26N2/c1-21(2)17-18(21)24(16-13-9-6-10-14-16)20-19(22(20,3)4)23(17,25-26-24)15-11-7-5-8-12-15/h5-14,17-20H,1-4H3/t17-,18+,19+,20-,23?,24?. The van der Waals surface area contributed by atoms with Gasteiger partial charge in [0.1, 0.15) is 11.1 Å². The van der Waals surface area contributed by atoms with Gasteiger partial charge in [0.15, 0.2) is 0 Å². The van der Waals surface area contributed by atoms with E-state index in [0.717, 1.165) is 0 Å². The first-order chi connectivity index (χ1) is 12.4. The summed E-state index contributed by atoms with van der Waals surface area (Å²) in [5.41, 5.74) is 3.06. The molecule has 3 aliphatic carbocycles. The maximum atomic E-state index is 5.21. The first-order valence-electron chi connectivity index (χ1n) is 9.94. The predicted octanol–water partition coefficient (Wildman–Crippen LogP) is 5.80. The van der Waals surface area contributed by atoms with Gasteiger partial charge in [0, 0.05) is 23.7 Å². The molecule has 3 saturated carbocycles. The van der Waals surface area contributed by atoms with Crippen LogP contribution in [0, 0.1) is 34.5 Å². The summed E-state index contributed by atoms with van der Waals surface area (Å²) in [6, 6.07) is 22.1. The molecule has 2 heteroatoms. The van der Waals surface area contributed by atoms with Gasteiger partial charge in [0.25, 0.3) is 0 Å². The molecule has 0 saturated heterocycles. The molecule has 6 atom stereocenters. The highest BCUT2D eigenvalue weighted by Gasteiger charge is 2.92. The van der Waals surface area contributed by atoms with Gasteiger partial charge in [-0.05, 0) is 22.0 Å². The minimum Gasteiger partial charge on any atom is -0.181 e. The molecule has 0 aromatic heterocycles. The highest BCUT2D eigenvalue weighted by Crippen LogP contribution is 2.91. The fraction of sp³-hybridized carbons (Fsp3) is 0.500. The number of hydrogen-bond acceptors (Lipinski definition) is 2. The first kappa shape index (κ1) is 15.1. The Morgan fingerprint density at radius 2 is 0.846 bits per heavy atom. The van der Waals surface area contributed by atoms with Crippen LogP contribution in [-0.4, -0.2) is 0 Å². The van der Waals surface area contributed by atoms with Gasteiger partial charge in [-0.15, -0.1) is 0 Å². The quantitative estimate of drug-likeness (QED) is 0.659. The van der Waals surface area contributed by atoms with Crippen LogP contribution in [0.1, 0.15) is 38.8 Å². The molecular formula is C24H26N2. The molecule has 2 aromatic rings. The lowest BCUT2D eigenvalue weighted by atomic mass is 9.66. The highest BCUT2D eigenvalue weighted by atomic mass is 15.3. The van der Waals surface area contributed by atoms with Crippen molar-refractivity contribution in [3.05, 3.63) is 71.8 Å². The monoisotopic (exact) mass is 342 g/mol. The van der Waals surface area contributed by atoms with Crippen LogP contribution in [0.3, 0.4) is 0 Å². The molecule has 7 rings (SSSR count). The number of rotatable bonds is 2. The van der Waals surface area contributed by atoms with Crippen molar-refractivity contribution in [2.75, 3.05) is 0 Å². The molecule has 26 heavy (non-hydrogen) atoms. The number of hydrogen-bond donors (Lipinski definition) is 0. The molecule has 0 amide bonds. The molecule has 132 valence electrons. The van der Waals surface area contributed by atoms with Gasteiger partial charge in [-0.2, -0.15) is 10.2 Å². The van der Waals surface area contributed by atoms with Crippen LogP contribution in [0.4, 0.5) is 0 Å². The maximum Gasteiger partial charge on any atom is 0.114 e. The SMILES string of the molecule is CC1(C)[C@H]2[C@@H]1C1(c3ccccc3)N=NC2(c2ccccc2)[C@H]2[C@@H]1C2(C)C. The molecule has 5 aliphatic rings. The molecule has 2 heterocycles. The van der Waals surface area contributed by atoms with Crippen LogP contribution in [0.2, 0.25) is 0 Å². The summed E-state index contributed by atoms with van der Waals surface area (Å²) in [5, 5.41) is 10.4. The van der Waals surface area contributed by atoms with Crippen molar-refractivity contribution in [2.24, 2.45) is 44.7 Å². The average molecular weight is 342 g/mol. The van der Waals surface area contributed by atoms with Gasteiger partial charge in [-0.3, -0.25) is 0 Å². The van der Waals surface area contributed by atoms with Gasteiger partial charge >= 0.3 is 0 Å². The molecule has 2 bridgehead atoms. The highest BCUT2D eigenvalue weighted by molar-refractivity contribution is 5.50. The number of nitrogens with zero attached hydrogens (tertiary/aromatic N) is 2. The van der Waals surface area contributed by atoms with E-state index in [1.54, 1.807) is 0 Å². The summed E-state index contributed by atoms with van der Waals surface area (Å²) >= 11 is 0. The smallest absolute Gasteiger partial charge is 0.114 e. The van der Waals surface area contributed by atoms with Gasteiger partial charge < -0.3 is 0 Å². The average Bonchev–Trinajstić information content (AvgIpc) is 3.49. The zero-order valence-corrected chi connectivity index (χ0v) is 16.0. The van der Waals surface area contributed by atoms with Crippen LogP contribution in [-0.2, 0) is 11.1 Å². The third-order valence-electron chi connectivity index (χ3n) is 8.40. The minimum absolute atomic E-state index is 0.125. The van der Waals surface area contributed by atoms with Crippen molar-refractivity contribution >= 4 is 0 Å². The lowest BCUT2D eigenvalue weighted by Crippen LogP contribution is -2.47. The van der Waals surface area contributed by atoms with Crippen LogP contribution in [0.15, 0.2) is 70.9 Å². The second kappa shape index (κ2) is 4.13. The fourth-order valence-corrected chi connectivity index (χ4v) is 7.61. The van der Waals surface area contributed by atoms with E-state index >= 15 is 0 Å². The minimum atomic E-state index is -0.125. The van der Waals surface area contributed by atoms with E-state index in [0.29, 0.717) is 23.7 Å². The Kier molecular flexibility index (Phi) is 2.41. The van der Waals surface area contributed by atoms with Crippen LogP contribution >= 0.6 is 0 Å². The van der Waals surface area contributed by atoms with E-state index in [1.165, 1.54) is 11.1 Å². The van der Waals surface area contributed by atoms with Crippen molar-refractivity contribution in [3.8, 4) is 0 Å². The zero-order valence-electron chi connectivity index (χ0n) is 16.0. The lowest BCUT2D eigenvalue weighted by Gasteiger charge is -2.45. The summed E-state index contributed by atoms with van der Waals surface area (Å²) in [6.07, 6.45) is 0. The number of benzene rings is 2. The summed E-state index contributed by atoms with van der Waals surface area (Å²) in [4.78, 5) is 0. The van der Waals surface area contributed by atoms with Crippen molar-refractivity contribution in [2.45, 2.75) is 38.8 Å². The molecule has 0 spiro atoms. The Bertz CT molecular complexity index is 824. The Labute approximate surface area is 155 Å². The predicted molar refractivity (Wildman–Crippen MR) is 103 cm³/mol. The van der Waals surface area contributed by atoms with E-state index in [1.807, 2.05) is 0 Å². The summed E-state index contributed by atoms with van der Waals surface area (Å²) in [5.74, 6) is 2.33. The Morgan fingerprint density at radius 3 is 1.15 bits per heavy atom. The van der Waals surface area contributed by atoms with Crippen molar-refractivity contribution in [1.82, 2.24) is 0 Å². The third-order valence-corrected chi connectivity index (χ3v) is 8.40. The Morgan fingerprint density at radius 1 is 0.538 bits per heavy atom. The van der Waals surface area contributed by atoms with Gasteiger partial charge in [-0.25, -0.2) is 0 Å². The number of azo groups is 1. The van der Waals surface area contributed by atoms with E-state index in [-0.39, 0.29) is 21.9 Å². The topological polar surface area (TPSA) is 24.7 Å². The zero-order chi connectivity index (χ0) is 17.9. The fourth-order valence-electron chi connectivity index (χ4n) is 7.61. The van der Waals surface area contributed by atoms with Gasteiger partial charge in [0.2, 0.25) is 0 Å². The largest absolute Gasteiger partial charge is 0.181 e. The van der Waals surface area contributed by atoms with E-state index < -0.39 is 0 Å². The molecular weight excluding hydrogens is 316 g/mol. The second-order valence-electron chi connectivity index (χ2n) is 10.1. The second-order valence-corrected chi connectivity index (χ2v) is 10.1. The van der Waals surface area contributed by atoms with Gasteiger partial charge in [0.05, 0.1) is 0 Å². The van der Waals surface area contributed by atoms with Crippen LogP contribution < -0.4 is 0 Å². The maximum absolute atomic E-state index is 5.21. The van der Waals surface area contributed by atoms with Gasteiger partial charge in [-0.1, -0.05) is 88.4 Å². The summed E-state index contributed by atoms with van der Waals surface area (Å²) < 4.78 is 0. The molecule has 0 N–H and O–H groups in total. The van der Waals surface area contributed by atoms with Crippen LogP contribution in [0.25, 0.3) is 0 Å².